The van der Waals surface area contributed by atoms with Gasteiger partial charge in [0.05, 0.1) is 5.54 Å². The minimum absolute atomic E-state index is 0.185. The zero-order chi connectivity index (χ0) is 33.3. The number of alkyl halides is 3. The van der Waals surface area contributed by atoms with Crippen molar-refractivity contribution in [3.63, 3.8) is 0 Å². The van der Waals surface area contributed by atoms with Gasteiger partial charge in [0.2, 0.25) is 0 Å². The molecule has 2 atom stereocenters. The maximum Gasteiger partial charge on any atom is 0.573 e. The molecule has 48 heavy (non-hydrogen) atoms. The van der Waals surface area contributed by atoms with Gasteiger partial charge in [-0.3, -0.25) is 14.6 Å². The lowest BCUT2D eigenvalue weighted by molar-refractivity contribution is -0.274. The highest BCUT2D eigenvalue weighted by atomic mass is 19.4. The first-order chi connectivity index (χ1) is 23.1. The number of Topliss-reactive ketones (excluding diaryl/α,β-unsaturated/α-hetero) is 1. The van der Waals surface area contributed by atoms with E-state index in [0.717, 1.165) is 99.7 Å². The number of fused-ring (bicyclic) bond motifs is 3. The van der Waals surface area contributed by atoms with Crippen LogP contribution in [-0.2, 0) is 24.4 Å². The van der Waals surface area contributed by atoms with E-state index in [1.165, 1.54) is 29.7 Å². The number of ether oxygens (including phenoxy) is 1. The lowest BCUT2D eigenvalue weighted by Gasteiger charge is -2.34. The summed E-state index contributed by atoms with van der Waals surface area (Å²) in [4.78, 5) is 18.2. The number of rotatable bonds is 12. The Bertz CT molecular complexity index is 1710. The maximum atomic E-state index is 13.0. The molecule has 1 aliphatic carbocycles. The lowest BCUT2D eigenvalue weighted by atomic mass is 9.78. The Morgan fingerprint density at radius 3 is 2.21 bits per heavy atom. The number of halogens is 3. The Kier molecular flexibility index (Phi) is 9.37. The predicted molar refractivity (Wildman–Crippen MR) is 182 cm³/mol. The normalized spacial score (nSPS) is 21.2. The lowest BCUT2D eigenvalue weighted by Crippen LogP contribution is -2.49. The molecule has 6 nitrogen and oxygen atoms in total. The van der Waals surface area contributed by atoms with Gasteiger partial charge in [-0.25, -0.2) is 0 Å². The first-order valence-electron chi connectivity index (χ1n) is 17.5. The Balaban J connectivity index is 1.06. The number of aromatic nitrogens is 1. The van der Waals surface area contributed by atoms with E-state index in [9.17, 15) is 18.0 Å². The zero-order valence-corrected chi connectivity index (χ0v) is 27.4. The predicted octanol–water partition coefficient (Wildman–Crippen LogP) is 8.07. The third kappa shape index (κ3) is 7.33. The van der Waals surface area contributed by atoms with E-state index in [1.807, 2.05) is 0 Å². The Labute approximate surface area is 280 Å². The molecule has 1 saturated carbocycles. The Hall–Kier alpha value is -3.66. The second-order valence-corrected chi connectivity index (χ2v) is 14.1. The van der Waals surface area contributed by atoms with E-state index in [2.05, 4.69) is 73.8 Å². The van der Waals surface area contributed by atoms with Crippen molar-refractivity contribution < 1.29 is 22.7 Å². The second kappa shape index (κ2) is 13.7. The van der Waals surface area contributed by atoms with Crippen LogP contribution in [0.4, 0.5) is 13.2 Å². The summed E-state index contributed by atoms with van der Waals surface area (Å²) < 4.78 is 44.8. The minimum atomic E-state index is -4.73. The summed E-state index contributed by atoms with van der Waals surface area (Å²) in [6.45, 7) is 4.72. The highest BCUT2D eigenvalue weighted by Gasteiger charge is 2.42. The average Bonchev–Trinajstić information content (AvgIpc) is 3.76. The molecule has 2 unspecified atom stereocenters. The monoisotopic (exact) mass is 658 g/mol. The highest BCUT2D eigenvalue weighted by molar-refractivity contribution is 5.96. The topological polar surface area (TPSA) is 63.7 Å². The summed E-state index contributed by atoms with van der Waals surface area (Å²) >= 11 is 0. The van der Waals surface area contributed by atoms with Crippen LogP contribution in [0.25, 0.3) is 22.0 Å². The van der Waals surface area contributed by atoms with E-state index in [4.69, 9.17) is 5.73 Å². The number of nitrogens with zero attached hydrogens (tertiary/aromatic N) is 3. The fraction of sp³-hybridized carbons (Fsp3) is 0.462. The first kappa shape index (κ1) is 32.9. The number of hydrogen-bond donors (Lipinski definition) is 1. The Morgan fingerprint density at radius 1 is 0.854 bits per heavy atom. The van der Waals surface area contributed by atoms with E-state index < -0.39 is 11.9 Å². The molecule has 1 aromatic heterocycles. The third-order valence-corrected chi connectivity index (χ3v) is 10.8. The molecule has 3 aromatic carbocycles. The summed E-state index contributed by atoms with van der Waals surface area (Å²) in [5.74, 6) is -0.0498. The number of benzene rings is 3. The van der Waals surface area contributed by atoms with Gasteiger partial charge in [-0.2, -0.15) is 0 Å². The van der Waals surface area contributed by atoms with Crippen LogP contribution >= 0.6 is 0 Å². The first-order valence-corrected chi connectivity index (χ1v) is 17.5. The molecule has 4 aromatic rings. The fourth-order valence-electron chi connectivity index (χ4n) is 8.24. The summed E-state index contributed by atoms with van der Waals surface area (Å²) in [7, 11) is 0. The highest BCUT2D eigenvalue weighted by Crippen LogP contribution is 2.37. The summed E-state index contributed by atoms with van der Waals surface area (Å²) in [5.41, 5.74) is 11.3. The van der Waals surface area contributed by atoms with Gasteiger partial charge >= 0.3 is 6.36 Å². The quantitative estimate of drug-likeness (QED) is 0.156. The molecule has 2 N–H and O–H groups in total. The second-order valence-electron chi connectivity index (χ2n) is 14.1. The van der Waals surface area contributed by atoms with Crippen molar-refractivity contribution in [2.75, 3.05) is 13.1 Å². The number of piperazine rings is 1. The van der Waals surface area contributed by atoms with Gasteiger partial charge in [-0.05, 0) is 73.1 Å². The van der Waals surface area contributed by atoms with Crippen LogP contribution in [0.3, 0.4) is 0 Å². The van der Waals surface area contributed by atoms with E-state index in [-0.39, 0.29) is 11.5 Å². The van der Waals surface area contributed by atoms with Gasteiger partial charge in [0.25, 0.3) is 0 Å². The third-order valence-electron chi connectivity index (χ3n) is 10.8. The van der Waals surface area contributed by atoms with Crippen molar-refractivity contribution in [1.29, 1.82) is 0 Å². The number of likely N-dealkylation sites (tertiary alicyclic amines) is 2. The molecule has 7 rings (SSSR count). The molecule has 0 radical (unpaired) electrons. The van der Waals surface area contributed by atoms with E-state index in [1.54, 1.807) is 12.1 Å². The minimum Gasteiger partial charge on any atom is -0.406 e. The summed E-state index contributed by atoms with van der Waals surface area (Å²) in [5, 5.41) is 1.08. The van der Waals surface area contributed by atoms with Crippen molar-refractivity contribution in [3.05, 3.63) is 90.1 Å². The van der Waals surface area contributed by atoms with Crippen LogP contribution in [0.1, 0.15) is 68.9 Å². The van der Waals surface area contributed by atoms with Gasteiger partial charge < -0.3 is 15.0 Å². The Morgan fingerprint density at radius 2 is 1.54 bits per heavy atom. The molecule has 3 heterocycles. The van der Waals surface area contributed by atoms with Crippen LogP contribution in [-0.4, -0.2) is 57.2 Å². The van der Waals surface area contributed by atoms with Gasteiger partial charge in [-0.15, -0.1) is 13.2 Å². The molecule has 3 fully saturated rings. The van der Waals surface area contributed by atoms with Crippen molar-refractivity contribution >= 4 is 16.7 Å². The van der Waals surface area contributed by atoms with Gasteiger partial charge in [-0.1, -0.05) is 67.8 Å². The fourth-order valence-corrected chi connectivity index (χ4v) is 8.24. The van der Waals surface area contributed by atoms with Crippen LogP contribution in [0, 0.1) is 0 Å². The van der Waals surface area contributed by atoms with Gasteiger partial charge in [0.15, 0.2) is 5.78 Å². The summed E-state index contributed by atoms with van der Waals surface area (Å²) in [6.07, 6.45) is 5.44. The van der Waals surface area contributed by atoms with Gasteiger partial charge in [0.1, 0.15) is 5.75 Å². The number of nitrogens with two attached hydrogens (primary N) is 1. The molecule has 0 spiro atoms. The van der Waals surface area contributed by atoms with Gasteiger partial charge in [0, 0.05) is 73.9 Å². The van der Waals surface area contributed by atoms with Crippen molar-refractivity contribution in [1.82, 2.24) is 14.4 Å². The van der Waals surface area contributed by atoms with Crippen molar-refractivity contribution in [3.8, 4) is 16.9 Å². The standard InChI is InChI=1S/C39H45F3N4O2/c40-39(41,42)48-33-15-13-30(14-16-33)35-27-44(20-8-5-11-37(47)38(43)18-6-2-7-19-38)36-17-12-29(21-34(35)36)24-46-26-31-22-32(46)25-45(31)23-28-9-3-1-4-10-28/h1,3-4,9-10,12-17,21,27,31-32H,2,5-8,11,18-20,22-26,43H2. The zero-order valence-electron chi connectivity index (χ0n) is 27.4. The molecular formula is C39H45F3N4O2. The molecule has 2 saturated heterocycles. The van der Waals surface area contributed by atoms with Crippen molar-refractivity contribution in [2.45, 2.75) is 101 Å². The van der Waals surface area contributed by atoms with E-state index in [0.29, 0.717) is 18.5 Å². The molecule has 2 aliphatic heterocycles. The number of ketones is 1. The molecule has 2 bridgehead atoms. The number of unbranched alkanes of at least 4 members (excludes halogenated alkanes) is 1. The number of aryl methyl sites for hydroxylation is 1. The van der Waals surface area contributed by atoms with Crippen LogP contribution in [0.2, 0.25) is 0 Å². The molecule has 9 heteroatoms. The maximum absolute atomic E-state index is 13.0. The SMILES string of the molecule is NC1(C(=O)CCCCn2cc(-c3ccc(OC(F)(F)F)cc3)c3cc(CN4CC5CC4CN5Cc4ccccc4)ccc32)CCCCC1. The molecule has 3 aliphatic rings. The smallest absolute Gasteiger partial charge is 0.406 e. The van der Waals surface area contributed by atoms with E-state index >= 15 is 0 Å². The molecular weight excluding hydrogens is 613 g/mol. The molecule has 0 amide bonds. The molecule has 254 valence electrons. The largest absolute Gasteiger partial charge is 0.573 e. The summed E-state index contributed by atoms with van der Waals surface area (Å²) in [6, 6.07) is 24.5. The number of hydrogen-bond acceptors (Lipinski definition) is 5. The average molecular weight is 659 g/mol. The van der Waals surface area contributed by atoms with Crippen LogP contribution in [0.5, 0.6) is 5.75 Å². The number of carbonyl (C=O) groups excluding carboxylic acids is 1. The van der Waals surface area contributed by atoms with Crippen molar-refractivity contribution in [2.24, 2.45) is 5.73 Å². The number of carbonyl (C=O) groups is 1. The van der Waals surface area contributed by atoms with Crippen LogP contribution < -0.4 is 10.5 Å². The van der Waals surface area contributed by atoms with Crippen LogP contribution in [0.15, 0.2) is 79.0 Å².